The maximum atomic E-state index is 13.3. The van der Waals surface area contributed by atoms with Gasteiger partial charge in [0.15, 0.2) is 18.9 Å². The first-order valence-electron chi connectivity index (χ1n) is 33.8. The second-order valence-corrected chi connectivity index (χ2v) is 24.7. The summed E-state index contributed by atoms with van der Waals surface area (Å²) in [4.78, 5) is 13.3. The second kappa shape index (κ2) is 47.7. The highest BCUT2D eigenvalue weighted by Crippen LogP contribution is 2.33. The van der Waals surface area contributed by atoms with Crippen LogP contribution in [0, 0.1) is 0 Å². The molecule has 0 bridgehead atoms. The fraction of sp³-hybridized carbons (Fsp3) is 0.984. The summed E-state index contributed by atoms with van der Waals surface area (Å²) in [7, 11) is 0. The van der Waals surface area contributed by atoms with Gasteiger partial charge in [-0.2, -0.15) is 0 Å². The number of amides is 1. The Morgan fingerprint density at radius 3 is 1.05 bits per heavy atom. The average molecular weight is 1190 g/mol. The third-order valence-electron chi connectivity index (χ3n) is 17.4. The van der Waals surface area contributed by atoms with Crippen LogP contribution in [-0.2, 0) is 33.2 Å². The second-order valence-electron chi connectivity index (χ2n) is 24.7. The van der Waals surface area contributed by atoms with Gasteiger partial charge in [-0.1, -0.05) is 251 Å². The molecule has 19 heteroatoms. The van der Waals surface area contributed by atoms with Crippen LogP contribution in [0.15, 0.2) is 0 Å². The molecule has 492 valence electrons. The van der Waals surface area contributed by atoms with E-state index in [4.69, 9.17) is 28.4 Å². The monoisotopic (exact) mass is 1190 g/mol. The molecule has 19 nitrogen and oxygen atoms in total. The Labute approximate surface area is 500 Å². The molecule has 83 heavy (non-hydrogen) atoms. The number of hydrogen-bond acceptors (Lipinski definition) is 18. The minimum absolute atomic E-state index is 0.240. The SMILES string of the molecule is CCCCCCCCCCCCCCCCCCCCCCCCCCCCCCCCC(=O)NC(COC1OC(CO)C(OC2OC(CO)C(OC3OC(CO)C(O)C(O)C3O)C(O)C2O)C(O)C1O)C(O)CCCCCCCCCC. The van der Waals surface area contributed by atoms with Crippen molar-refractivity contribution in [2.24, 2.45) is 0 Å². The van der Waals surface area contributed by atoms with Gasteiger partial charge in [-0.15, -0.1) is 0 Å². The number of hydrogen-bond donors (Lipinski definition) is 12. The smallest absolute Gasteiger partial charge is 0.220 e. The molecule has 3 heterocycles. The third-order valence-corrected chi connectivity index (χ3v) is 17.4. The zero-order valence-electron chi connectivity index (χ0n) is 51.7. The Morgan fingerprint density at radius 1 is 0.386 bits per heavy atom. The lowest BCUT2D eigenvalue weighted by atomic mass is 9.96. The normalized spacial score (nSPS) is 29.3. The van der Waals surface area contributed by atoms with Crippen molar-refractivity contribution in [2.45, 2.75) is 375 Å². The van der Waals surface area contributed by atoms with Gasteiger partial charge in [0, 0.05) is 6.42 Å². The molecule has 3 aliphatic heterocycles. The minimum atomic E-state index is -1.97. The molecular formula is C64H123NO18. The van der Waals surface area contributed by atoms with E-state index >= 15 is 0 Å². The lowest BCUT2D eigenvalue weighted by molar-refractivity contribution is -0.379. The Balaban J connectivity index is 1.32. The summed E-state index contributed by atoms with van der Waals surface area (Å²) in [6.45, 7) is 1.78. The molecule has 0 aromatic carbocycles. The van der Waals surface area contributed by atoms with E-state index < -0.39 is 124 Å². The quantitative estimate of drug-likeness (QED) is 0.0257. The number of unbranched alkanes of at least 4 members (excludes halogenated alkanes) is 36. The molecule has 0 radical (unpaired) electrons. The van der Waals surface area contributed by atoms with E-state index in [2.05, 4.69) is 19.2 Å². The van der Waals surface area contributed by atoms with Crippen molar-refractivity contribution in [2.75, 3.05) is 26.4 Å². The van der Waals surface area contributed by atoms with Crippen molar-refractivity contribution in [3.05, 3.63) is 0 Å². The zero-order valence-corrected chi connectivity index (χ0v) is 51.7. The number of carbonyl (C=O) groups excluding carboxylic acids is 1. The van der Waals surface area contributed by atoms with Crippen molar-refractivity contribution in [1.29, 1.82) is 0 Å². The molecule has 3 aliphatic rings. The van der Waals surface area contributed by atoms with Crippen molar-refractivity contribution in [3.8, 4) is 0 Å². The molecule has 3 saturated heterocycles. The van der Waals surface area contributed by atoms with E-state index in [-0.39, 0.29) is 18.9 Å². The maximum absolute atomic E-state index is 13.3. The Bertz CT molecular complexity index is 1520. The Hall–Kier alpha value is -1.21. The number of aliphatic hydroxyl groups is 11. The molecule has 0 aromatic rings. The van der Waals surface area contributed by atoms with Gasteiger partial charge in [0.25, 0.3) is 0 Å². The van der Waals surface area contributed by atoms with E-state index in [1.165, 1.54) is 193 Å². The molecule has 0 aromatic heterocycles. The fourth-order valence-corrected chi connectivity index (χ4v) is 11.9. The van der Waals surface area contributed by atoms with E-state index in [1.807, 2.05) is 0 Å². The molecular weight excluding hydrogens is 1070 g/mol. The number of ether oxygens (including phenoxy) is 6. The molecule has 1 amide bonds. The summed E-state index contributed by atoms with van der Waals surface area (Å²) >= 11 is 0. The highest BCUT2D eigenvalue weighted by atomic mass is 16.8. The first-order valence-corrected chi connectivity index (χ1v) is 33.8. The Kier molecular flexibility index (Phi) is 43.7. The molecule has 0 aliphatic carbocycles. The van der Waals surface area contributed by atoms with Gasteiger partial charge in [0.05, 0.1) is 38.6 Å². The summed E-state index contributed by atoms with van der Waals surface area (Å²) in [5.41, 5.74) is 0. The summed E-state index contributed by atoms with van der Waals surface area (Å²) in [5, 5.41) is 120. The number of aliphatic hydroxyl groups excluding tert-OH is 11. The van der Waals surface area contributed by atoms with Crippen LogP contribution in [0.4, 0.5) is 0 Å². The topological polar surface area (TPSA) is 307 Å². The molecule has 17 atom stereocenters. The third kappa shape index (κ3) is 30.7. The lowest BCUT2D eigenvalue weighted by Gasteiger charge is -2.48. The molecule has 17 unspecified atom stereocenters. The average Bonchev–Trinajstić information content (AvgIpc) is 3.69. The van der Waals surface area contributed by atoms with Crippen LogP contribution >= 0.6 is 0 Å². The number of nitrogens with one attached hydrogen (secondary N) is 1. The fourth-order valence-electron chi connectivity index (χ4n) is 11.9. The van der Waals surface area contributed by atoms with Gasteiger partial charge in [-0.05, 0) is 12.8 Å². The van der Waals surface area contributed by atoms with Gasteiger partial charge in [-0.3, -0.25) is 4.79 Å². The minimum Gasteiger partial charge on any atom is -0.394 e. The first kappa shape index (κ1) is 76.0. The highest BCUT2D eigenvalue weighted by Gasteiger charge is 2.53. The van der Waals surface area contributed by atoms with Gasteiger partial charge in [0.2, 0.25) is 5.91 Å². The molecule has 3 fully saturated rings. The predicted octanol–water partition coefficient (Wildman–Crippen LogP) is 7.94. The van der Waals surface area contributed by atoms with Crippen LogP contribution in [0.25, 0.3) is 0 Å². The summed E-state index contributed by atoms with van der Waals surface area (Å²) < 4.78 is 34.3. The van der Waals surface area contributed by atoms with E-state index in [1.54, 1.807) is 0 Å². The maximum Gasteiger partial charge on any atom is 0.220 e. The van der Waals surface area contributed by atoms with Crippen molar-refractivity contribution in [3.63, 3.8) is 0 Å². The number of carbonyl (C=O) groups is 1. The van der Waals surface area contributed by atoms with Gasteiger partial charge >= 0.3 is 0 Å². The molecule has 3 rings (SSSR count). The van der Waals surface area contributed by atoms with Crippen LogP contribution in [0.1, 0.15) is 271 Å². The van der Waals surface area contributed by atoms with Gasteiger partial charge in [-0.25, -0.2) is 0 Å². The van der Waals surface area contributed by atoms with Crippen molar-refractivity contribution in [1.82, 2.24) is 5.32 Å². The largest absolute Gasteiger partial charge is 0.394 e. The molecule has 0 spiro atoms. The first-order chi connectivity index (χ1) is 40.3. The lowest BCUT2D eigenvalue weighted by Crippen LogP contribution is -2.66. The van der Waals surface area contributed by atoms with Crippen LogP contribution < -0.4 is 5.32 Å². The van der Waals surface area contributed by atoms with E-state index in [0.29, 0.717) is 12.8 Å². The highest BCUT2D eigenvalue weighted by molar-refractivity contribution is 5.76. The number of rotatable bonds is 52. The summed E-state index contributed by atoms with van der Waals surface area (Å²) in [6.07, 6.45) is 22.5. The van der Waals surface area contributed by atoms with Gasteiger partial charge < -0.3 is 89.9 Å². The van der Waals surface area contributed by atoms with Crippen LogP contribution in [-0.4, -0.2) is 193 Å². The zero-order chi connectivity index (χ0) is 60.5. The van der Waals surface area contributed by atoms with Crippen molar-refractivity contribution < 1.29 is 89.4 Å². The van der Waals surface area contributed by atoms with Gasteiger partial charge in [0.1, 0.15) is 73.2 Å². The van der Waals surface area contributed by atoms with Crippen LogP contribution in [0.5, 0.6) is 0 Å². The van der Waals surface area contributed by atoms with E-state index in [9.17, 15) is 61.0 Å². The van der Waals surface area contributed by atoms with Crippen LogP contribution in [0.2, 0.25) is 0 Å². The van der Waals surface area contributed by atoms with Crippen molar-refractivity contribution >= 4 is 5.91 Å². The molecule has 12 N–H and O–H groups in total. The standard InChI is InChI=1S/C64H123NO18/c1-3-5-7-9-11-13-14-15-16-17-18-19-20-21-22-23-24-25-26-27-28-29-30-31-32-33-34-36-38-40-42-52(70)65-47(48(69)41-39-37-35-12-10-8-6-4-2)46-78-62-58(76)55(73)60(50(44-67)80-62)83-64-59(77)56(74)61(51(45-68)81-64)82-63-57(75)54(72)53(71)49(43-66)79-63/h47-51,53-64,66-69,71-77H,3-46H2,1-2H3,(H,65,70). The summed E-state index contributed by atoms with van der Waals surface area (Å²) in [6, 6.07) is -0.879. The Morgan fingerprint density at radius 2 is 0.687 bits per heavy atom. The molecule has 0 saturated carbocycles. The predicted molar refractivity (Wildman–Crippen MR) is 319 cm³/mol. The summed E-state index contributed by atoms with van der Waals surface area (Å²) in [5.74, 6) is -0.240. The van der Waals surface area contributed by atoms with Crippen LogP contribution in [0.3, 0.4) is 0 Å². The van der Waals surface area contributed by atoms with E-state index in [0.717, 1.165) is 44.9 Å².